The molecule has 0 fully saturated rings. The summed E-state index contributed by atoms with van der Waals surface area (Å²) in [5, 5.41) is 10.3. The zero-order chi connectivity index (χ0) is 11.8. The van der Waals surface area contributed by atoms with Gasteiger partial charge >= 0.3 is 0 Å². The van der Waals surface area contributed by atoms with Crippen molar-refractivity contribution in [3.63, 3.8) is 0 Å². The maximum Gasteiger partial charge on any atom is 0.133 e. The number of hydrogen-bond acceptors (Lipinski definition) is 1. The third kappa shape index (κ3) is 2.50. The van der Waals surface area contributed by atoms with Crippen molar-refractivity contribution in [3.05, 3.63) is 34.1 Å². The summed E-state index contributed by atoms with van der Waals surface area (Å²) in [7, 11) is 0. The predicted octanol–water partition coefficient (Wildman–Crippen LogP) is 3.87. The molecule has 0 bridgehead atoms. The molecule has 0 aromatic heterocycles. The van der Waals surface area contributed by atoms with Crippen molar-refractivity contribution in [2.45, 2.75) is 33.8 Å². The number of aryl methyl sites for hydroxylation is 1. The Bertz CT molecular complexity index is 369. The minimum absolute atomic E-state index is 0.198. The zero-order valence-electron chi connectivity index (χ0n) is 9.44. The van der Waals surface area contributed by atoms with E-state index in [9.17, 15) is 9.50 Å². The van der Waals surface area contributed by atoms with Gasteiger partial charge in [0.15, 0.2) is 0 Å². The van der Waals surface area contributed by atoms with Crippen LogP contribution in [0.15, 0.2) is 12.1 Å². The molecular weight excluding hydrogens is 215 g/mol. The van der Waals surface area contributed by atoms with Gasteiger partial charge in [-0.25, -0.2) is 4.39 Å². The van der Waals surface area contributed by atoms with E-state index in [-0.39, 0.29) is 10.6 Å². The highest BCUT2D eigenvalue weighted by molar-refractivity contribution is 6.31. The summed E-state index contributed by atoms with van der Waals surface area (Å²) < 4.78 is 13.8. The van der Waals surface area contributed by atoms with Crippen molar-refractivity contribution < 1.29 is 9.50 Å². The first-order valence-corrected chi connectivity index (χ1v) is 5.25. The molecule has 1 atom stereocenters. The van der Waals surface area contributed by atoms with Crippen molar-refractivity contribution in [2.24, 2.45) is 5.41 Å². The molecule has 1 aromatic rings. The van der Waals surface area contributed by atoms with E-state index in [1.165, 1.54) is 0 Å². The van der Waals surface area contributed by atoms with Gasteiger partial charge in [0.2, 0.25) is 0 Å². The molecule has 1 unspecified atom stereocenters. The van der Waals surface area contributed by atoms with E-state index in [2.05, 4.69) is 0 Å². The van der Waals surface area contributed by atoms with Gasteiger partial charge in [-0.2, -0.15) is 0 Å². The molecule has 1 aromatic carbocycles. The van der Waals surface area contributed by atoms with Crippen LogP contribution in [-0.2, 0) is 0 Å². The molecule has 0 saturated carbocycles. The topological polar surface area (TPSA) is 20.2 Å². The first-order chi connectivity index (χ1) is 6.75. The van der Waals surface area contributed by atoms with E-state index < -0.39 is 17.3 Å². The number of hydrogen-bond donors (Lipinski definition) is 1. The quantitative estimate of drug-likeness (QED) is 0.777. The van der Waals surface area contributed by atoms with Gasteiger partial charge in [0.1, 0.15) is 5.82 Å². The van der Waals surface area contributed by atoms with Gasteiger partial charge in [0.25, 0.3) is 0 Å². The third-order valence-electron chi connectivity index (χ3n) is 2.41. The van der Waals surface area contributed by atoms with Gasteiger partial charge in [-0.1, -0.05) is 38.4 Å². The summed E-state index contributed by atoms with van der Waals surface area (Å²) in [5.41, 5.74) is 0.264. The van der Waals surface area contributed by atoms with Crippen molar-refractivity contribution in [1.29, 1.82) is 0 Å². The van der Waals surface area contributed by atoms with E-state index in [1.807, 2.05) is 20.8 Å². The van der Waals surface area contributed by atoms with Crippen LogP contribution in [0.25, 0.3) is 0 Å². The molecule has 0 aliphatic heterocycles. The summed E-state index contributed by atoms with van der Waals surface area (Å²) >= 11 is 5.90. The fourth-order valence-corrected chi connectivity index (χ4v) is 1.61. The molecule has 15 heavy (non-hydrogen) atoms. The van der Waals surface area contributed by atoms with Crippen molar-refractivity contribution in [1.82, 2.24) is 0 Å². The molecule has 0 spiro atoms. The van der Waals surface area contributed by atoms with Crippen LogP contribution in [0, 0.1) is 18.2 Å². The van der Waals surface area contributed by atoms with Crippen LogP contribution in [0.3, 0.4) is 0 Å². The van der Waals surface area contributed by atoms with Crippen molar-refractivity contribution >= 4 is 11.6 Å². The Morgan fingerprint density at radius 2 is 1.87 bits per heavy atom. The maximum absolute atomic E-state index is 13.8. The lowest BCUT2D eigenvalue weighted by atomic mass is 9.84. The van der Waals surface area contributed by atoms with Crippen LogP contribution in [0.2, 0.25) is 5.02 Å². The summed E-state index contributed by atoms with van der Waals surface area (Å²) in [6.07, 6.45) is -0.898. The van der Waals surface area contributed by atoms with Crippen molar-refractivity contribution in [3.8, 4) is 0 Å². The van der Waals surface area contributed by atoms with Gasteiger partial charge < -0.3 is 5.11 Å². The standard InChI is InChI=1S/C12H16ClFO/c1-7-5-6-8(13)9(10(7)14)11(15)12(2,3)4/h5-6,11,15H,1-4H3. The highest BCUT2D eigenvalue weighted by atomic mass is 35.5. The molecule has 0 amide bonds. The van der Waals surface area contributed by atoms with Crippen LogP contribution in [0.4, 0.5) is 4.39 Å². The minimum atomic E-state index is -0.898. The number of aliphatic hydroxyl groups is 1. The van der Waals surface area contributed by atoms with Gasteiger partial charge in [-0.3, -0.25) is 0 Å². The predicted molar refractivity (Wildman–Crippen MR) is 60.6 cm³/mol. The largest absolute Gasteiger partial charge is 0.388 e. The molecular formula is C12H16ClFO. The Kier molecular flexibility index (Phi) is 3.41. The van der Waals surface area contributed by atoms with E-state index in [1.54, 1.807) is 19.1 Å². The first-order valence-electron chi connectivity index (χ1n) is 4.87. The van der Waals surface area contributed by atoms with Crippen LogP contribution < -0.4 is 0 Å². The molecule has 0 aliphatic rings. The maximum atomic E-state index is 13.8. The summed E-state index contributed by atoms with van der Waals surface area (Å²) in [6, 6.07) is 3.22. The summed E-state index contributed by atoms with van der Waals surface area (Å²) in [4.78, 5) is 0. The Labute approximate surface area is 94.9 Å². The average molecular weight is 231 g/mol. The molecule has 1 rings (SSSR count). The third-order valence-corrected chi connectivity index (χ3v) is 2.74. The monoisotopic (exact) mass is 230 g/mol. The smallest absolute Gasteiger partial charge is 0.133 e. The first kappa shape index (κ1) is 12.5. The Hall–Kier alpha value is -0.600. The fourth-order valence-electron chi connectivity index (χ4n) is 1.36. The summed E-state index contributed by atoms with van der Waals surface area (Å²) in [6.45, 7) is 7.19. The lowest BCUT2D eigenvalue weighted by molar-refractivity contribution is 0.0594. The summed E-state index contributed by atoms with van der Waals surface area (Å²) in [5.74, 6) is -0.412. The molecule has 0 heterocycles. The molecule has 3 heteroatoms. The number of aliphatic hydroxyl groups excluding tert-OH is 1. The molecule has 0 radical (unpaired) electrons. The number of benzene rings is 1. The van der Waals surface area contributed by atoms with E-state index >= 15 is 0 Å². The lowest BCUT2D eigenvalue weighted by Gasteiger charge is -2.27. The average Bonchev–Trinajstić information content (AvgIpc) is 2.10. The Balaban J connectivity index is 3.31. The molecule has 1 N–H and O–H groups in total. The van der Waals surface area contributed by atoms with Crippen LogP contribution in [0.1, 0.15) is 38.0 Å². The molecule has 0 saturated heterocycles. The van der Waals surface area contributed by atoms with Crippen LogP contribution >= 0.6 is 11.6 Å². The molecule has 1 nitrogen and oxygen atoms in total. The van der Waals surface area contributed by atoms with Gasteiger partial charge in [-0.15, -0.1) is 0 Å². The normalized spacial score (nSPS) is 14.1. The van der Waals surface area contributed by atoms with E-state index in [0.717, 1.165) is 0 Å². The highest BCUT2D eigenvalue weighted by Gasteiger charge is 2.28. The van der Waals surface area contributed by atoms with Crippen LogP contribution in [0.5, 0.6) is 0 Å². The minimum Gasteiger partial charge on any atom is -0.388 e. The van der Waals surface area contributed by atoms with Crippen molar-refractivity contribution in [2.75, 3.05) is 0 Å². The lowest BCUT2D eigenvalue weighted by Crippen LogP contribution is -2.19. The number of rotatable bonds is 1. The Morgan fingerprint density at radius 3 is 2.33 bits per heavy atom. The van der Waals surface area contributed by atoms with Gasteiger partial charge in [-0.05, 0) is 24.0 Å². The fraction of sp³-hybridized carbons (Fsp3) is 0.500. The zero-order valence-corrected chi connectivity index (χ0v) is 10.2. The second-order valence-corrected chi connectivity index (χ2v) is 5.27. The van der Waals surface area contributed by atoms with Gasteiger partial charge in [0.05, 0.1) is 6.10 Å². The molecule has 84 valence electrons. The SMILES string of the molecule is Cc1ccc(Cl)c(C(O)C(C)(C)C)c1F. The van der Waals surface area contributed by atoms with E-state index in [0.29, 0.717) is 5.56 Å². The second-order valence-electron chi connectivity index (χ2n) is 4.86. The van der Waals surface area contributed by atoms with Gasteiger partial charge in [0, 0.05) is 10.6 Å². The second kappa shape index (κ2) is 4.11. The number of halogens is 2. The van der Waals surface area contributed by atoms with Crippen LogP contribution in [-0.4, -0.2) is 5.11 Å². The Morgan fingerprint density at radius 1 is 1.33 bits per heavy atom. The van der Waals surface area contributed by atoms with E-state index in [4.69, 9.17) is 11.6 Å². The molecule has 0 aliphatic carbocycles. The highest BCUT2D eigenvalue weighted by Crippen LogP contribution is 2.38.